The molecule has 1 N–H and O–H groups in total. The molecule has 0 radical (unpaired) electrons. The molecule has 0 aliphatic rings. The van der Waals surface area contributed by atoms with Crippen LogP contribution in [0.3, 0.4) is 0 Å². The van der Waals surface area contributed by atoms with Gasteiger partial charge in [-0.15, -0.1) is 0 Å². The Morgan fingerprint density at radius 1 is 1.42 bits per heavy atom. The van der Waals surface area contributed by atoms with E-state index in [2.05, 4.69) is 25.0 Å². The van der Waals surface area contributed by atoms with Crippen molar-refractivity contribution >= 4 is 12.2 Å². The number of nitrogens with one attached hydrogen (secondary N) is 1. The molecule has 0 saturated carbocycles. The summed E-state index contributed by atoms with van der Waals surface area (Å²) >= 11 is 5.18. The minimum atomic E-state index is 0.931. The Morgan fingerprint density at radius 2 is 2.17 bits per heavy atom. The number of aromatic nitrogens is 2. The summed E-state index contributed by atoms with van der Waals surface area (Å²) in [7, 11) is 0. The smallest absolute Gasteiger partial charge is 0.122 e. The molecule has 1 aromatic rings. The molecule has 0 spiro atoms. The minimum absolute atomic E-state index is 0.931. The Kier molecular flexibility index (Phi) is 3.53. The second kappa shape index (κ2) is 4.45. The molecule has 0 amide bonds. The number of hydrogen-bond donors (Lipinski definition) is 1. The number of H-pyrrole nitrogens is 1. The molecule has 0 atom stereocenters. The van der Waals surface area contributed by atoms with E-state index in [-0.39, 0.29) is 0 Å². The lowest BCUT2D eigenvalue weighted by Crippen LogP contribution is -1.99. The molecule has 12 heavy (non-hydrogen) atoms. The van der Waals surface area contributed by atoms with E-state index in [1.807, 2.05) is 4.68 Å². The van der Waals surface area contributed by atoms with Gasteiger partial charge in [0.2, 0.25) is 0 Å². The van der Waals surface area contributed by atoms with E-state index in [0.717, 1.165) is 24.0 Å². The summed E-state index contributed by atoms with van der Waals surface area (Å²) in [6.07, 6.45) is 3.39. The summed E-state index contributed by atoms with van der Waals surface area (Å²) < 4.78 is 2.97. The van der Waals surface area contributed by atoms with E-state index >= 15 is 0 Å². The predicted octanol–water partition coefficient (Wildman–Crippen LogP) is 2.91. The zero-order valence-corrected chi connectivity index (χ0v) is 8.58. The van der Waals surface area contributed by atoms with Crippen LogP contribution in [0.15, 0.2) is 6.07 Å². The molecule has 1 aromatic heterocycles. The summed E-state index contributed by atoms with van der Waals surface area (Å²) in [5, 5.41) is 3.30. The predicted molar refractivity (Wildman–Crippen MR) is 53.9 cm³/mol. The molecule has 0 saturated heterocycles. The second-order valence-electron chi connectivity index (χ2n) is 3.02. The van der Waals surface area contributed by atoms with Crippen molar-refractivity contribution < 1.29 is 0 Å². The third-order valence-corrected chi connectivity index (χ3v) is 2.15. The Bertz CT molecular complexity index is 285. The number of nitrogens with zero attached hydrogens (tertiary/aromatic N) is 1. The SMILES string of the molecule is CCCc1cc(=S)n(CCC)[nH]1. The monoisotopic (exact) mass is 184 g/mol. The lowest BCUT2D eigenvalue weighted by molar-refractivity contribution is 0.586. The number of aromatic amines is 1. The van der Waals surface area contributed by atoms with Crippen molar-refractivity contribution in [1.82, 2.24) is 9.78 Å². The van der Waals surface area contributed by atoms with Gasteiger partial charge in [-0.05, 0) is 18.9 Å². The Morgan fingerprint density at radius 3 is 2.75 bits per heavy atom. The molecule has 0 bridgehead atoms. The first kappa shape index (κ1) is 9.52. The Hall–Kier alpha value is -0.570. The van der Waals surface area contributed by atoms with Crippen molar-refractivity contribution in [2.75, 3.05) is 0 Å². The van der Waals surface area contributed by atoms with Gasteiger partial charge in [0, 0.05) is 12.2 Å². The lowest BCUT2D eigenvalue weighted by Gasteiger charge is -1.98. The van der Waals surface area contributed by atoms with Gasteiger partial charge in [0.1, 0.15) is 4.64 Å². The van der Waals surface area contributed by atoms with Gasteiger partial charge in [0.05, 0.1) is 0 Å². The zero-order chi connectivity index (χ0) is 8.97. The van der Waals surface area contributed by atoms with E-state index in [0.29, 0.717) is 0 Å². The molecule has 3 heteroatoms. The van der Waals surface area contributed by atoms with Gasteiger partial charge in [-0.3, -0.25) is 4.68 Å². The van der Waals surface area contributed by atoms with Crippen LogP contribution in [-0.4, -0.2) is 9.78 Å². The quantitative estimate of drug-likeness (QED) is 0.714. The van der Waals surface area contributed by atoms with Gasteiger partial charge in [-0.25, -0.2) is 0 Å². The summed E-state index contributed by atoms with van der Waals surface area (Å²) in [5.74, 6) is 0. The van der Waals surface area contributed by atoms with Crippen molar-refractivity contribution in [3.8, 4) is 0 Å². The fourth-order valence-corrected chi connectivity index (χ4v) is 1.55. The van der Waals surface area contributed by atoms with Crippen molar-refractivity contribution in [2.45, 2.75) is 39.7 Å². The fraction of sp³-hybridized carbons (Fsp3) is 0.667. The molecular formula is C9H16N2S. The van der Waals surface area contributed by atoms with Crippen molar-refractivity contribution in [1.29, 1.82) is 0 Å². The number of rotatable bonds is 4. The second-order valence-corrected chi connectivity index (χ2v) is 3.44. The van der Waals surface area contributed by atoms with Gasteiger partial charge in [-0.2, -0.15) is 0 Å². The normalized spacial score (nSPS) is 10.5. The van der Waals surface area contributed by atoms with Gasteiger partial charge < -0.3 is 5.10 Å². The standard InChI is InChI=1S/C9H16N2S/c1-3-5-8-7-9(12)11(10-8)6-4-2/h7,10H,3-6H2,1-2H3. The molecule has 1 heterocycles. The third-order valence-electron chi connectivity index (χ3n) is 1.81. The van der Waals surface area contributed by atoms with Gasteiger partial charge in [0.25, 0.3) is 0 Å². The van der Waals surface area contributed by atoms with Crippen LogP contribution < -0.4 is 0 Å². The number of hydrogen-bond acceptors (Lipinski definition) is 1. The van der Waals surface area contributed by atoms with Crippen LogP contribution in [0.1, 0.15) is 32.4 Å². The first-order chi connectivity index (χ1) is 5.77. The third kappa shape index (κ3) is 2.21. The topological polar surface area (TPSA) is 20.7 Å². The average Bonchev–Trinajstić information content (AvgIpc) is 2.34. The molecule has 0 aliphatic heterocycles. The maximum atomic E-state index is 5.18. The maximum absolute atomic E-state index is 5.18. The molecule has 0 unspecified atom stereocenters. The van der Waals surface area contributed by atoms with Crippen LogP contribution >= 0.6 is 12.2 Å². The summed E-state index contributed by atoms with van der Waals surface area (Å²) in [6, 6.07) is 2.06. The highest BCUT2D eigenvalue weighted by molar-refractivity contribution is 7.71. The molecule has 68 valence electrons. The highest BCUT2D eigenvalue weighted by Gasteiger charge is 1.97. The molecule has 1 rings (SSSR count). The highest BCUT2D eigenvalue weighted by Crippen LogP contribution is 2.02. The first-order valence-corrected chi connectivity index (χ1v) is 4.97. The van der Waals surface area contributed by atoms with E-state index in [9.17, 15) is 0 Å². The van der Waals surface area contributed by atoms with E-state index in [1.54, 1.807) is 0 Å². The molecular weight excluding hydrogens is 168 g/mol. The number of aryl methyl sites for hydroxylation is 2. The average molecular weight is 184 g/mol. The van der Waals surface area contributed by atoms with Crippen LogP contribution in [-0.2, 0) is 13.0 Å². The van der Waals surface area contributed by atoms with E-state index in [1.165, 1.54) is 12.1 Å². The summed E-state index contributed by atoms with van der Waals surface area (Å²) in [6.45, 7) is 5.33. The van der Waals surface area contributed by atoms with Crippen molar-refractivity contribution in [2.24, 2.45) is 0 Å². The first-order valence-electron chi connectivity index (χ1n) is 4.56. The summed E-state index contributed by atoms with van der Waals surface area (Å²) in [4.78, 5) is 0. The molecule has 0 aliphatic carbocycles. The largest absolute Gasteiger partial charge is 0.302 e. The van der Waals surface area contributed by atoms with E-state index < -0.39 is 0 Å². The van der Waals surface area contributed by atoms with Crippen LogP contribution in [0.5, 0.6) is 0 Å². The van der Waals surface area contributed by atoms with Gasteiger partial charge in [-0.1, -0.05) is 32.5 Å². The van der Waals surface area contributed by atoms with Crippen LogP contribution in [0.2, 0.25) is 0 Å². The minimum Gasteiger partial charge on any atom is -0.302 e. The fourth-order valence-electron chi connectivity index (χ4n) is 1.27. The summed E-state index contributed by atoms with van der Waals surface area (Å²) in [5.41, 5.74) is 1.26. The molecule has 0 aromatic carbocycles. The van der Waals surface area contributed by atoms with Crippen LogP contribution in [0.4, 0.5) is 0 Å². The molecule has 2 nitrogen and oxygen atoms in total. The van der Waals surface area contributed by atoms with E-state index in [4.69, 9.17) is 12.2 Å². The van der Waals surface area contributed by atoms with Crippen molar-refractivity contribution in [3.05, 3.63) is 16.4 Å². The van der Waals surface area contributed by atoms with Gasteiger partial charge >= 0.3 is 0 Å². The van der Waals surface area contributed by atoms with Crippen LogP contribution in [0.25, 0.3) is 0 Å². The maximum Gasteiger partial charge on any atom is 0.122 e. The lowest BCUT2D eigenvalue weighted by atomic mass is 10.3. The Balaban J connectivity index is 2.78. The molecule has 0 fully saturated rings. The Labute approximate surface area is 78.6 Å². The van der Waals surface area contributed by atoms with Crippen molar-refractivity contribution in [3.63, 3.8) is 0 Å². The zero-order valence-electron chi connectivity index (χ0n) is 7.76. The highest BCUT2D eigenvalue weighted by atomic mass is 32.1. The van der Waals surface area contributed by atoms with Crippen LogP contribution in [0, 0.1) is 4.64 Å². The van der Waals surface area contributed by atoms with Gasteiger partial charge in [0.15, 0.2) is 0 Å².